The summed E-state index contributed by atoms with van der Waals surface area (Å²) in [6.07, 6.45) is 0. The lowest BCUT2D eigenvalue weighted by Gasteiger charge is -2.37. The molecule has 0 saturated carbocycles. The quantitative estimate of drug-likeness (QED) is 0.534. The lowest BCUT2D eigenvalue weighted by Crippen LogP contribution is -2.49. The average Bonchev–Trinajstić information content (AvgIpc) is 1.82. The summed E-state index contributed by atoms with van der Waals surface area (Å²) < 4.78 is 0. The Kier molecular flexibility index (Phi) is 2.32. The number of hydrogen-bond acceptors (Lipinski definition) is 2. The minimum atomic E-state index is 0.413. The topological polar surface area (TPSA) is 29.3 Å². The Morgan fingerprint density at radius 3 is 2.00 bits per heavy atom. The fourth-order valence-corrected chi connectivity index (χ4v) is 1.86. The highest BCUT2D eigenvalue weighted by Crippen LogP contribution is 2.18. The van der Waals surface area contributed by atoms with Gasteiger partial charge in [-0.25, -0.2) is 0 Å². The van der Waals surface area contributed by atoms with Gasteiger partial charge in [0, 0.05) is 19.1 Å². The Hall–Kier alpha value is -0.0800. The van der Waals surface area contributed by atoms with Crippen LogP contribution in [0.1, 0.15) is 13.8 Å². The van der Waals surface area contributed by atoms with Crippen LogP contribution in [0.15, 0.2) is 0 Å². The maximum absolute atomic E-state index is 5.96. The number of likely N-dealkylation sites (tertiary alicyclic amines) is 1. The van der Waals surface area contributed by atoms with Crippen LogP contribution in [0, 0.1) is 11.8 Å². The second kappa shape index (κ2) is 2.89. The molecular formula is C8H18N2. The van der Waals surface area contributed by atoms with Crippen molar-refractivity contribution in [3.05, 3.63) is 0 Å². The molecule has 60 valence electrons. The normalized spacial score (nSPS) is 43.8. The molecule has 2 nitrogen and oxygen atoms in total. The lowest BCUT2D eigenvalue weighted by molar-refractivity contribution is 0.144. The van der Waals surface area contributed by atoms with Crippen molar-refractivity contribution in [2.45, 2.75) is 19.9 Å². The Balaban J connectivity index is 2.49. The summed E-state index contributed by atoms with van der Waals surface area (Å²) >= 11 is 0. The molecule has 2 N–H and O–H groups in total. The van der Waals surface area contributed by atoms with E-state index in [0.29, 0.717) is 17.9 Å². The molecule has 1 rings (SSSR count). The van der Waals surface area contributed by atoms with E-state index in [1.54, 1.807) is 0 Å². The van der Waals surface area contributed by atoms with E-state index in [2.05, 4.69) is 25.8 Å². The summed E-state index contributed by atoms with van der Waals surface area (Å²) in [5.41, 5.74) is 5.96. The van der Waals surface area contributed by atoms with Gasteiger partial charge in [0.05, 0.1) is 0 Å². The predicted molar refractivity (Wildman–Crippen MR) is 43.8 cm³/mol. The van der Waals surface area contributed by atoms with Crippen molar-refractivity contribution in [3.8, 4) is 0 Å². The Morgan fingerprint density at radius 2 is 1.60 bits per heavy atom. The van der Waals surface area contributed by atoms with Crippen LogP contribution in [0.25, 0.3) is 0 Å². The molecule has 1 heterocycles. The maximum Gasteiger partial charge on any atom is 0.0115 e. The molecule has 1 saturated heterocycles. The van der Waals surface area contributed by atoms with Crippen molar-refractivity contribution in [1.29, 1.82) is 0 Å². The Labute approximate surface area is 63.4 Å². The highest BCUT2D eigenvalue weighted by molar-refractivity contribution is 4.83. The van der Waals surface area contributed by atoms with Gasteiger partial charge in [0.2, 0.25) is 0 Å². The molecule has 10 heavy (non-hydrogen) atoms. The molecule has 0 aliphatic carbocycles. The molecule has 0 radical (unpaired) electrons. The summed E-state index contributed by atoms with van der Waals surface area (Å²) in [6.45, 7) is 6.78. The van der Waals surface area contributed by atoms with E-state index in [4.69, 9.17) is 5.73 Å². The summed E-state index contributed by atoms with van der Waals surface area (Å²) in [5.74, 6) is 1.32. The zero-order valence-electron chi connectivity index (χ0n) is 7.17. The average molecular weight is 142 g/mol. The lowest BCUT2D eigenvalue weighted by atomic mass is 9.87. The zero-order chi connectivity index (χ0) is 7.72. The molecule has 0 bridgehead atoms. The Morgan fingerprint density at radius 1 is 1.20 bits per heavy atom. The van der Waals surface area contributed by atoms with Crippen molar-refractivity contribution < 1.29 is 0 Å². The largest absolute Gasteiger partial charge is 0.327 e. The van der Waals surface area contributed by atoms with Gasteiger partial charge in [0.25, 0.3) is 0 Å². The van der Waals surface area contributed by atoms with Crippen LogP contribution < -0.4 is 5.73 Å². The number of nitrogens with two attached hydrogens (primary N) is 1. The smallest absolute Gasteiger partial charge is 0.0115 e. The van der Waals surface area contributed by atoms with Gasteiger partial charge < -0.3 is 10.6 Å². The van der Waals surface area contributed by atoms with E-state index in [0.717, 1.165) is 13.1 Å². The standard InChI is InChI=1S/C8H18N2/c1-6-4-10(3)5-7(2)8(6)9/h6-8H,4-5,9H2,1-3H3. The summed E-state index contributed by atoms with van der Waals surface area (Å²) in [5, 5.41) is 0. The molecular weight excluding hydrogens is 124 g/mol. The maximum atomic E-state index is 5.96. The van der Waals surface area contributed by atoms with Crippen LogP contribution in [0.4, 0.5) is 0 Å². The van der Waals surface area contributed by atoms with E-state index in [1.807, 2.05) is 0 Å². The van der Waals surface area contributed by atoms with Gasteiger partial charge in [0.15, 0.2) is 0 Å². The van der Waals surface area contributed by atoms with Crippen LogP contribution in [0.3, 0.4) is 0 Å². The Bertz CT molecular complexity index is 102. The van der Waals surface area contributed by atoms with E-state index in [9.17, 15) is 0 Å². The predicted octanol–water partition coefficient (Wildman–Crippen LogP) is 0.531. The molecule has 1 fully saturated rings. The fraction of sp³-hybridized carbons (Fsp3) is 1.00. The third-order valence-electron chi connectivity index (χ3n) is 2.51. The van der Waals surface area contributed by atoms with Crippen LogP contribution >= 0.6 is 0 Å². The van der Waals surface area contributed by atoms with Crippen molar-refractivity contribution in [3.63, 3.8) is 0 Å². The van der Waals surface area contributed by atoms with Gasteiger partial charge in [-0.2, -0.15) is 0 Å². The third kappa shape index (κ3) is 1.50. The van der Waals surface area contributed by atoms with Crippen LogP contribution in [-0.4, -0.2) is 31.1 Å². The third-order valence-corrected chi connectivity index (χ3v) is 2.51. The summed E-state index contributed by atoms with van der Waals surface area (Å²) in [4.78, 5) is 2.36. The first-order valence-electron chi connectivity index (χ1n) is 4.05. The first-order chi connectivity index (χ1) is 4.61. The SMILES string of the molecule is CC1CN(C)CC(C)C1N. The molecule has 2 heteroatoms. The first kappa shape index (κ1) is 8.02. The molecule has 2 atom stereocenters. The van der Waals surface area contributed by atoms with Crippen molar-refractivity contribution in [1.82, 2.24) is 4.90 Å². The van der Waals surface area contributed by atoms with E-state index >= 15 is 0 Å². The van der Waals surface area contributed by atoms with Gasteiger partial charge in [-0.15, -0.1) is 0 Å². The van der Waals surface area contributed by atoms with E-state index < -0.39 is 0 Å². The second-order valence-corrected chi connectivity index (χ2v) is 3.75. The molecule has 0 aromatic carbocycles. The summed E-state index contributed by atoms with van der Waals surface area (Å²) in [6, 6.07) is 0.413. The highest BCUT2D eigenvalue weighted by atomic mass is 15.1. The highest BCUT2D eigenvalue weighted by Gasteiger charge is 2.26. The van der Waals surface area contributed by atoms with Gasteiger partial charge in [0.1, 0.15) is 0 Å². The minimum Gasteiger partial charge on any atom is -0.327 e. The number of nitrogens with zero attached hydrogens (tertiary/aromatic N) is 1. The molecule has 1 aliphatic rings. The molecule has 0 spiro atoms. The van der Waals surface area contributed by atoms with Crippen molar-refractivity contribution >= 4 is 0 Å². The fourth-order valence-electron chi connectivity index (χ4n) is 1.86. The molecule has 0 aromatic rings. The first-order valence-corrected chi connectivity index (χ1v) is 4.05. The van der Waals surface area contributed by atoms with Crippen LogP contribution in [0.5, 0.6) is 0 Å². The van der Waals surface area contributed by atoms with Gasteiger partial charge >= 0.3 is 0 Å². The number of hydrogen-bond donors (Lipinski definition) is 1. The zero-order valence-corrected chi connectivity index (χ0v) is 7.17. The second-order valence-electron chi connectivity index (χ2n) is 3.75. The van der Waals surface area contributed by atoms with Crippen LogP contribution in [-0.2, 0) is 0 Å². The van der Waals surface area contributed by atoms with Gasteiger partial charge in [-0.05, 0) is 18.9 Å². The number of piperidine rings is 1. The minimum absolute atomic E-state index is 0.413. The van der Waals surface area contributed by atoms with E-state index in [1.165, 1.54) is 0 Å². The molecule has 1 aliphatic heterocycles. The van der Waals surface area contributed by atoms with Crippen molar-refractivity contribution in [2.75, 3.05) is 20.1 Å². The monoisotopic (exact) mass is 142 g/mol. The van der Waals surface area contributed by atoms with Crippen molar-refractivity contribution in [2.24, 2.45) is 17.6 Å². The van der Waals surface area contributed by atoms with Gasteiger partial charge in [-0.1, -0.05) is 13.8 Å². The summed E-state index contributed by atoms with van der Waals surface area (Å²) in [7, 11) is 2.17. The number of rotatable bonds is 0. The molecule has 0 amide bonds. The van der Waals surface area contributed by atoms with Gasteiger partial charge in [-0.3, -0.25) is 0 Å². The van der Waals surface area contributed by atoms with E-state index in [-0.39, 0.29) is 0 Å². The molecule has 0 aromatic heterocycles. The van der Waals surface area contributed by atoms with Crippen LogP contribution in [0.2, 0.25) is 0 Å². The molecule has 2 unspecified atom stereocenters.